The molecule has 1 atom stereocenters. The number of aliphatic imine (C=N–C) groups is 1. The predicted molar refractivity (Wildman–Crippen MR) is 191 cm³/mol. The van der Waals surface area contributed by atoms with Gasteiger partial charge >= 0.3 is 0 Å². The second-order valence-corrected chi connectivity index (χ2v) is 13.0. The highest BCUT2D eigenvalue weighted by molar-refractivity contribution is 6.32. The third kappa shape index (κ3) is 6.81. The Morgan fingerprint density at radius 3 is 2.61 bits per heavy atom. The number of pyridine rings is 1. The number of amides is 2. The molecule has 1 aromatic heterocycles. The van der Waals surface area contributed by atoms with E-state index in [-0.39, 0.29) is 40.6 Å². The number of aromatic nitrogens is 1. The van der Waals surface area contributed by atoms with Crippen LogP contribution >= 0.6 is 11.6 Å². The molecule has 1 spiro atoms. The zero-order chi connectivity index (χ0) is 34.7. The van der Waals surface area contributed by atoms with E-state index in [0.29, 0.717) is 68.1 Å². The molecule has 2 aromatic carbocycles. The van der Waals surface area contributed by atoms with Crippen LogP contribution in [0.1, 0.15) is 47.2 Å². The van der Waals surface area contributed by atoms with E-state index >= 15 is 0 Å². The van der Waals surface area contributed by atoms with Gasteiger partial charge in [0.15, 0.2) is 11.5 Å². The van der Waals surface area contributed by atoms with Gasteiger partial charge < -0.3 is 20.9 Å². The van der Waals surface area contributed by atoms with Crippen LogP contribution in [-0.4, -0.2) is 90.8 Å². The van der Waals surface area contributed by atoms with Crippen LogP contribution in [0.2, 0.25) is 5.02 Å². The Bertz CT molecular complexity index is 1930. The molecule has 0 radical (unpaired) electrons. The summed E-state index contributed by atoms with van der Waals surface area (Å²) in [7, 11) is 1.74. The summed E-state index contributed by atoms with van der Waals surface area (Å²) in [5, 5.41) is 28.9. The van der Waals surface area contributed by atoms with Gasteiger partial charge in [0.25, 0.3) is 0 Å². The lowest BCUT2D eigenvalue weighted by Crippen LogP contribution is -2.43. The van der Waals surface area contributed by atoms with E-state index < -0.39 is 5.41 Å². The van der Waals surface area contributed by atoms with Crippen molar-refractivity contribution in [3.63, 3.8) is 0 Å². The van der Waals surface area contributed by atoms with Gasteiger partial charge in [0.05, 0.1) is 29.0 Å². The number of hydrogen-bond acceptors (Lipinski definition) is 8. The number of rotatable bonds is 8. The van der Waals surface area contributed by atoms with Crippen molar-refractivity contribution in [1.82, 2.24) is 20.1 Å². The molecule has 250 valence electrons. The van der Waals surface area contributed by atoms with Gasteiger partial charge in [0, 0.05) is 67.5 Å². The van der Waals surface area contributed by atoms with Gasteiger partial charge in [0.1, 0.15) is 6.07 Å². The van der Waals surface area contributed by atoms with Crippen molar-refractivity contribution in [2.24, 2.45) is 10.4 Å². The third-order valence-electron chi connectivity index (χ3n) is 9.57. The van der Waals surface area contributed by atoms with Crippen molar-refractivity contribution >= 4 is 58.2 Å². The Kier molecular flexibility index (Phi) is 9.58. The summed E-state index contributed by atoms with van der Waals surface area (Å²) in [6, 6.07) is 16.4. The number of likely N-dealkylation sites (tertiary alicyclic amines) is 1. The summed E-state index contributed by atoms with van der Waals surface area (Å²) >= 11 is 6.16. The normalized spacial score (nSPS) is 19.4. The molecule has 3 aliphatic heterocycles. The van der Waals surface area contributed by atoms with E-state index in [1.54, 1.807) is 30.1 Å². The van der Waals surface area contributed by atoms with Crippen LogP contribution in [0.5, 0.6) is 0 Å². The molecule has 4 heterocycles. The molecule has 6 rings (SSSR count). The number of hydrogen-bond donors (Lipinski definition) is 4. The molecule has 0 saturated carbocycles. The predicted octanol–water partition coefficient (Wildman–Crippen LogP) is 3.92. The van der Waals surface area contributed by atoms with Gasteiger partial charge in [-0.1, -0.05) is 41.9 Å². The number of halogens is 1. The van der Waals surface area contributed by atoms with Crippen LogP contribution in [0.25, 0.3) is 5.57 Å². The van der Waals surface area contributed by atoms with E-state index in [0.717, 1.165) is 17.5 Å². The van der Waals surface area contributed by atoms with Crippen molar-refractivity contribution in [3.05, 3.63) is 93.8 Å². The summed E-state index contributed by atoms with van der Waals surface area (Å²) in [5.41, 5.74) is 10.7. The van der Waals surface area contributed by atoms with Crippen molar-refractivity contribution in [1.29, 1.82) is 16.1 Å². The Morgan fingerprint density at radius 2 is 1.92 bits per heavy atom. The number of anilines is 2. The van der Waals surface area contributed by atoms with E-state index in [4.69, 9.17) is 33.4 Å². The smallest absolute Gasteiger partial charge is 0.237 e. The number of nitrogens with one attached hydrogen (secondary N) is 3. The molecule has 5 N–H and O–H groups in total. The standard InChI is InChI=1S/C36H37ClN10O2/c1-42-22-44-34(41)25-4-2-23(3-5-25)24-8-12-46(13-9-24)32(48)20-45-14-10-36(21-45)11-15-47(35(36)49)27-6-7-30(39)28(17-27)33(40)26-16-29(37)31(18-38)43-19-26/h2-8,16-17,19,22,40H,9-15,20-21,39H2,1H3,(H2,41,42,44)/t36-/m0/s1. The van der Waals surface area contributed by atoms with Crippen molar-refractivity contribution < 1.29 is 9.59 Å². The zero-order valence-electron chi connectivity index (χ0n) is 27.2. The Balaban J connectivity index is 1.06. The number of nitrogens with two attached hydrogens (primary N) is 1. The summed E-state index contributed by atoms with van der Waals surface area (Å²) in [5.74, 6) is 0.264. The SMILES string of the molecule is CN/C=N\C(=N)c1ccc(C2=CCN(C(=O)CN3CC[C@]4(CCN(c5ccc(N)c(C(=N)c6cnc(C#N)c(Cl)c6)c5)C4=O)C3)CC2)cc1. The fraction of sp³-hybridized carbons (Fsp3) is 0.306. The fourth-order valence-corrected chi connectivity index (χ4v) is 6.98. The minimum Gasteiger partial charge on any atom is -0.398 e. The summed E-state index contributed by atoms with van der Waals surface area (Å²) in [4.78, 5) is 41.1. The topological polar surface area (TPSA) is 179 Å². The molecule has 2 fully saturated rings. The minimum absolute atomic E-state index is 0.0216. The molecule has 0 bridgehead atoms. The Hall–Kier alpha value is -5.38. The molecular formula is C36H37ClN10O2. The molecular weight excluding hydrogens is 640 g/mol. The van der Waals surface area contributed by atoms with E-state index in [1.807, 2.05) is 35.2 Å². The van der Waals surface area contributed by atoms with E-state index in [1.165, 1.54) is 24.2 Å². The average molecular weight is 677 g/mol. The van der Waals surface area contributed by atoms with Crippen molar-refractivity contribution in [3.8, 4) is 6.07 Å². The highest BCUT2D eigenvalue weighted by atomic mass is 35.5. The fourth-order valence-electron chi connectivity index (χ4n) is 6.77. The highest BCUT2D eigenvalue weighted by Crippen LogP contribution is 2.43. The van der Waals surface area contributed by atoms with Crippen LogP contribution in [0.15, 0.2) is 65.8 Å². The minimum atomic E-state index is -0.560. The Morgan fingerprint density at radius 1 is 1.14 bits per heavy atom. The van der Waals surface area contributed by atoms with Crippen molar-refractivity contribution in [2.75, 3.05) is 56.9 Å². The maximum atomic E-state index is 13.9. The van der Waals surface area contributed by atoms with Crippen LogP contribution in [-0.2, 0) is 9.59 Å². The molecule has 3 aliphatic rings. The molecule has 2 amide bonds. The van der Waals surface area contributed by atoms with Crippen LogP contribution in [0.3, 0.4) is 0 Å². The number of amidine groups is 1. The molecule has 2 saturated heterocycles. The number of nitriles is 1. The summed E-state index contributed by atoms with van der Waals surface area (Å²) in [6.45, 7) is 3.15. The maximum absolute atomic E-state index is 13.9. The maximum Gasteiger partial charge on any atom is 0.237 e. The largest absolute Gasteiger partial charge is 0.398 e. The first-order chi connectivity index (χ1) is 23.6. The molecule has 13 heteroatoms. The van der Waals surface area contributed by atoms with Crippen LogP contribution in [0.4, 0.5) is 11.4 Å². The van der Waals surface area contributed by atoms with Crippen LogP contribution < -0.4 is 16.0 Å². The van der Waals surface area contributed by atoms with Gasteiger partial charge in [-0.05, 0) is 61.2 Å². The number of nitrogens with zero attached hydrogens (tertiary/aromatic N) is 6. The van der Waals surface area contributed by atoms with E-state index in [9.17, 15) is 9.59 Å². The quantitative estimate of drug-likeness (QED) is 0.159. The lowest BCUT2D eigenvalue weighted by Gasteiger charge is -2.29. The summed E-state index contributed by atoms with van der Waals surface area (Å²) in [6.07, 6.45) is 7.10. The summed E-state index contributed by atoms with van der Waals surface area (Å²) < 4.78 is 0. The second kappa shape index (κ2) is 14.0. The van der Waals surface area contributed by atoms with Gasteiger partial charge in [-0.25, -0.2) is 9.98 Å². The van der Waals surface area contributed by atoms with E-state index in [2.05, 4.69) is 26.3 Å². The molecule has 12 nitrogen and oxygen atoms in total. The highest BCUT2D eigenvalue weighted by Gasteiger charge is 2.51. The molecule has 49 heavy (non-hydrogen) atoms. The van der Waals surface area contributed by atoms with Gasteiger partial charge in [-0.2, -0.15) is 5.26 Å². The number of nitrogen functional groups attached to an aromatic ring is 1. The Labute approximate surface area is 289 Å². The molecule has 0 unspecified atom stereocenters. The molecule has 0 aliphatic carbocycles. The number of carbonyl (C=O) groups is 2. The first kappa shape index (κ1) is 33.5. The number of carbonyl (C=O) groups excluding carboxylic acids is 2. The average Bonchev–Trinajstić information content (AvgIpc) is 3.68. The second-order valence-electron chi connectivity index (χ2n) is 12.6. The third-order valence-corrected chi connectivity index (χ3v) is 9.86. The first-order valence-electron chi connectivity index (χ1n) is 16.1. The monoisotopic (exact) mass is 676 g/mol. The van der Waals surface area contributed by atoms with Crippen LogP contribution in [0, 0.1) is 27.6 Å². The van der Waals surface area contributed by atoms with Gasteiger partial charge in [0.2, 0.25) is 11.8 Å². The lowest BCUT2D eigenvalue weighted by molar-refractivity contribution is -0.132. The number of benzene rings is 2. The van der Waals surface area contributed by atoms with Crippen molar-refractivity contribution in [2.45, 2.75) is 19.3 Å². The zero-order valence-corrected chi connectivity index (χ0v) is 27.9. The molecule has 3 aromatic rings. The first-order valence-corrected chi connectivity index (χ1v) is 16.4. The van der Waals surface area contributed by atoms with Gasteiger partial charge in [-0.15, -0.1) is 0 Å². The van der Waals surface area contributed by atoms with Gasteiger partial charge in [-0.3, -0.25) is 25.3 Å². The lowest BCUT2D eigenvalue weighted by atomic mass is 9.85.